The van der Waals surface area contributed by atoms with E-state index in [4.69, 9.17) is 21.7 Å². The summed E-state index contributed by atoms with van der Waals surface area (Å²) in [5, 5.41) is 0. The molecule has 4 nitrogen and oxygen atoms in total. The van der Waals surface area contributed by atoms with E-state index in [0.29, 0.717) is 21.6 Å². The van der Waals surface area contributed by atoms with E-state index < -0.39 is 0 Å². The summed E-state index contributed by atoms with van der Waals surface area (Å²) >= 11 is 10.1. The van der Waals surface area contributed by atoms with Gasteiger partial charge in [0.05, 0.1) is 24.3 Å². The molecular weight excluding hydrogens is 434 g/mol. The second-order valence-corrected chi connectivity index (χ2v) is 7.92. The number of hydrogen-bond acceptors (Lipinski definition) is 5. The van der Waals surface area contributed by atoms with Crippen LogP contribution in [0.1, 0.15) is 12.5 Å². The molecule has 0 unspecified atom stereocenters. The van der Waals surface area contributed by atoms with Crippen LogP contribution in [-0.2, 0) is 4.79 Å². The SMILES string of the molecule is CCOc1ccc(N2C(=O)/C(=C/c3cc(Br)ccc3OC)SC2=S)cc1. The fraction of sp³-hybridized carbons (Fsp3) is 0.158. The molecule has 1 saturated heterocycles. The van der Waals surface area contributed by atoms with Crippen LogP contribution in [0, 0.1) is 0 Å². The van der Waals surface area contributed by atoms with E-state index in [1.165, 1.54) is 16.7 Å². The molecule has 0 aromatic heterocycles. The minimum atomic E-state index is -0.147. The van der Waals surface area contributed by atoms with Crippen LogP contribution in [0.2, 0.25) is 0 Å². The number of hydrogen-bond donors (Lipinski definition) is 0. The third kappa shape index (κ3) is 3.95. The molecule has 3 rings (SSSR count). The van der Waals surface area contributed by atoms with Gasteiger partial charge in [-0.3, -0.25) is 9.69 Å². The van der Waals surface area contributed by atoms with E-state index in [0.717, 1.165) is 21.5 Å². The molecule has 2 aromatic carbocycles. The Labute approximate surface area is 170 Å². The molecule has 1 aliphatic rings. The van der Waals surface area contributed by atoms with Crippen molar-refractivity contribution in [3.05, 3.63) is 57.4 Å². The summed E-state index contributed by atoms with van der Waals surface area (Å²) in [4.78, 5) is 15.0. The van der Waals surface area contributed by atoms with Gasteiger partial charge in [0.1, 0.15) is 11.5 Å². The van der Waals surface area contributed by atoms with Crippen LogP contribution >= 0.6 is 39.9 Å². The highest BCUT2D eigenvalue weighted by Crippen LogP contribution is 2.38. The lowest BCUT2D eigenvalue weighted by Gasteiger charge is -2.15. The highest BCUT2D eigenvalue weighted by molar-refractivity contribution is 9.10. The van der Waals surface area contributed by atoms with E-state index in [1.807, 2.05) is 49.4 Å². The number of thiocarbonyl (C=S) groups is 1. The van der Waals surface area contributed by atoms with E-state index in [9.17, 15) is 4.79 Å². The normalized spacial score (nSPS) is 15.7. The molecule has 1 heterocycles. The molecule has 7 heteroatoms. The first kappa shape index (κ1) is 18.9. The Kier molecular flexibility index (Phi) is 6.01. The molecule has 26 heavy (non-hydrogen) atoms. The van der Waals surface area contributed by atoms with E-state index in [2.05, 4.69) is 15.9 Å². The Morgan fingerprint density at radius 2 is 1.96 bits per heavy atom. The van der Waals surface area contributed by atoms with Gasteiger partial charge in [-0.2, -0.15) is 0 Å². The molecule has 0 radical (unpaired) electrons. The maximum Gasteiger partial charge on any atom is 0.270 e. The molecule has 1 fully saturated rings. The average molecular weight is 450 g/mol. The minimum Gasteiger partial charge on any atom is -0.496 e. The molecule has 0 aliphatic carbocycles. The zero-order valence-electron chi connectivity index (χ0n) is 14.2. The minimum absolute atomic E-state index is 0.147. The van der Waals surface area contributed by atoms with Crippen LogP contribution in [0.15, 0.2) is 51.8 Å². The van der Waals surface area contributed by atoms with Crippen LogP contribution < -0.4 is 14.4 Å². The van der Waals surface area contributed by atoms with Gasteiger partial charge < -0.3 is 9.47 Å². The molecule has 2 aromatic rings. The van der Waals surface area contributed by atoms with E-state index >= 15 is 0 Å². The summed E-state index contributed by atoms with van der Waals surface area (Å²) in [6, 6.07) is 13.0. The van der Waals surface area contributed by atoms with Crippen LogP contribution in [-0.4, -0.2) is 23.9 Å². The predicted octanol–water partition coefficient (Wildman–Crippen LogP) is 5.26. The number of benzene rings is 2. The Hall–Kier alpha value is -1.83. The molecule has 134 valence electrons. The summed E-state index contributed by atoms with van der Waals surface area (Å²) in [5.74, 6) is 1.31. The van der Waals surface area contributed by atoms with Gasteiger partial charge in [0, 0.05) is 10.0 Å². The summed E-state index contributed by atoms with van der Waals surface area (Å²) < 4.78 is 12.2. The average Bonchev–Trinajstić information content (AvgIpc) is 2.90. The van der Waals surface area contributed by atoms with Crippen molar-refractivity contribution in [2.45, 2.75) is 6.92 Å². The molecule has 0 saturated carbocycles. The molecular formula is C19H16BrNO3S2. The van der Waals surface area contributed by atoms with Crippen molar-refractivity contribution in [2.75, 3.05) is 18.6 Å². The number of amides is 1. The van der Waals surface area contributed by atoms with Crippen molar-refractivity contribution in [1.29, 1.82) is 0 Å². The second kappa shape index (κ2) is 8.24. The molecule has 0 N–H and O–H groups in total. The second-order valence-electron chi connectivity index (χ2n) is 5.33. The van der Waals surface area contributed by atoms with Crippen molar-refractivity contribution < 1.29 is 14.3 Å². The molecule has 1 amide bonds. The standard InChI is InChI=1S/C19H16BrNO3S2/c1-3-24-15-7-5-14(6-8-15)21-18(22)17(26-19(21)25)11-12-10-13(20)4-9-16(12)23-2/h4-11H,3H2,1-2H3/b17-11-. The third-order valence-electron chi connectivity index (χ3n) is 3.68. The van der Waals surface area contributed by atoms with E-state index in [1.54, 1.807) is 13.2 Å². The maximum atomic E-state index is 12.9. The van der Waals surface area contributed by atoms with Crippen LogP contribution in [0.5, 0.6) is 11.5 Å². The summed E-state index contributed by atoms with van der Waals surface area (Å²) in [7, 11) is 1.60. The van der Waals surface area contributed by atoms with Gasteiger partial charge in [-0.1, -0.05) is 39.9 Å². The first-order valence-corrected chi connectivity index (χ1v) is 9.89. The number of anilines is 1. The largest absolute Gasteiger partial charge is 0.496 e. The third-order valence-corrected chi connectivity index (χ3v) is 5.47. The maximum absolute atomic E-state index is 12.9. The summed E-state index contributed by atoms with van der Waals surface area (Å²) in [6.45, 7) is 2.52. The van der Waals surface area contributed by atoms with Crippen LogP contribution in [0.3, 0.4) is 0 Å². The highest BCUT2D eigenvalue weighted by atomic mass is 79.9. The van der Waals surface area contributed by atoms with Crippen molar-refractivity contribution in [1.82, 2.24) is 0 Å². The smallest absolute Gasteiger partial charge is 0.270 e. The van der Waals surface area contributed by atoms with Crippen molar-refractivity contribution in [3.8, 4) is 11.5 Å². The van der Waals surface area contributed by atoms with Crippen molar-refractivity contribution in [2.24, 2.45) is 0 Å². The van der Waals surface area contributed by atoms with Gasteiger partial charge in [0.2, 0.25) is 0 Å². The molecule has 0 spiro atoms. The molecule has 0 bridgehead atoms. The lowest BCUT2D eigenvalue weighted by atomic mass is 10.2. The van der Waals surface area contributed by atoms with Crippen LogP contribution in [0.25, 0.3) is 6.08 Å². The highest BCUT2D eigenvalue weighted by Gasteiger charge is 2.33. The number of thioether (sulfide) groups is 1. The lowest BCUT2D eigenvalue weighted by molar-refractivity contribution is -0.113. The Balaban J connectivity index is 1.90. The van der Waals surface area contributed by atoms with Gasteiger partial charge in [-0.05, 0) is 55.5 Å². The fourth-order valence-corrected chi connectivity index (χ4v) is 4.18. The summed E-state index contributed by atoms with van der Waals surface area (Å²) in [5.41, 5.74) is 1.54. The van der Waals surface area contributed by atoms with Gasteiger partial charge >= 0.3 is 0 Å². The number of rotatable bonds is 5. The first-order valence-electron chi connectivity index (χ1n) is 7.88. The van der Waals surface area contributed by atoms with Gasteiger partial charge in [-0.25, -0.2) is 0 Å². The number of carbonyl (C=O) groups excluding carboxylic acids is 1. The number of ether oxygens (including phenoxy) is 2. The lowest BCUT2D eigenvalue weighted by Crippen LogP contribution is -2.27. The van der Waals surface area contributed by atoms with Gasteiger partial charge in [0.25, 0.3) is 5.91 Å². The number of methoxy groups -OCH3 is 1. The predicted molar refractivity (Wildman–Crippen MR) is 114 cm³/mol. The Morgan fingerprint density at radius 1 is 1.23 bits per heavy atom. The Bertz CT molecular complexity index is 881. The van der Waals surface area contributed by atoms with Gasteiger partial charge in [0.15, 0.2) is 4.32 Å². The number of halogens is 1. The Morgan fingerprint density at radius 3 is 2.62 bits per heavy atom. The molecule has 0 atom stereocenters. The number of nitrogens with zero attached hydrogens (tertiary/aromatic N) is 1. The number of carbonyl (C=O) groups is 1. The van der Waals surface area contributed by atoms with Crippen molar-refractivity contribution in [3.63, 3.8) is 0 Å². The fourth-order valence-electron chi connectivity index (χ4n) is 2.51. The first-order chi connectivity index (χ1) is 12.5. The quantitative estimate of drug-likeness (QED) is 0.459. The zero-order chi connectivity index (χ0) is 18.7. The van der Waals surface area contributed by atoms with E-state index in [-0.39, 0.29) is 5.91 Å². The van der Waals surface area contributed by atoms with Crippen molar-refractivity contribution >= 4 is 61.9 Å². The zero-order valence-corrected chi connectivity index (χ0v) is 17.4. The topological polar surface area (TPSA) is 38.8 Å². The van der Waals surface area contributed by atoms with Crippen LogP contribution in [0.4, 0.5) is 5.69 Å². The molecule has 1 aliphatic heterocycles. The van der Waals surface area contributed by atoms with Gasteiger partial charge in [-0.15, -0.1) is 0 Å². The monoisotopic (exact) mass is 449 g/mol. The summed E-state index contributed by atoms with van der Waals surface area (Å²) in [6.07, 6.45) is 1.80.